The van der Waals surface area contributed by atoms with E-state index in [1.807, 2.05) is 26.0 Å². The van der Waals surface area contributed by atoms with Crippen molar-refractivity contribution in [2.24, 2.45) is 0 Å². The van der Waals surface area contributed by atoms with E-state index in [9.17, 15) is 13.8 Å². The third kappa shape index (κ3) is 5.56. The molecule has 2 N–H and O–H groups in total. The molecule has 1 amide bonds. The maximum Gasteiger partial charge on any atom is 0.239 e. The molecule has 140 valence electrons. The standard InChI is InChI=1S/C19H24N2O4S/c1-4-9-25-18-11-20-16(10-17(18)22)12-26(24)14(3)19(23)21-15-7-5-13(2)6-8-15/h5-8,10-11,14H,4,9,12H2,1-3H3,(H,20,22)(H,21,23). The summed E-state index contributed by atoms with van der Waals surface area (Å²) in [6, 6.07) is 8.76. The number of aryl methyl sites for hydroxylation is 1. The first-order chi connectivity index (χ1) is 12.4. The molecule has 0 spiro atoms. The quantitative estimate of drug-likeness (QED) is 0.741. The van der Waals surface area contributed by atoms with E-state index in [2.05, 4.69) is 10.3 Å². The Morgan fingerprint density at radius 2 is 2.00 bits per heavy atom. The van der Waals surface area contributed by atoms with Gasteiger partial charge in [-0.1, -0.05) is 24.6 Å². The molecule has 6 nitrogen and oxygen atoms in total. The van der Waals surface area contributed by atoms with Crippen LogP contribution in [0.5, 0.6) is 5.75 Å². The lowest BCUT2D eigenvalue weighted by Gasteiger charge is -2.13. The van der Waals surface area contributed by atoms with E-state index in [1.54, 1.807) is 19.1 Å². The highest BCUT2D eigenvalue weighted by molar-refractivity contribution is 7.85. The number of hydrogen-bond donors (Lipinski definition) is 2. The molecule has 2 aromatic rings. The summed E-state index contributed by atoms with van der Waals surface area (Å²) < 4.78 is 17.8. The fourth-order valence-electron chi connectivity index (χ4n) is 2.19. The molecule has 0 aliphatic heterocycles. The molecule has 26 heavy (non-hydrogen) atoms. The van der Waals surface area contributed by atoms with Crippen LogP contribution in [0.3, 0.4) is 0 Å². The molecule has 0 saturated carbocycles. The number of amides is 1. The molecule has 0 aliphatic rings. The second kappa shape index (κ2) is 9.33. The first-order valence-corrected chi connectivity index (χ1v) is 9.88. The van der Waals surface area contributed by atoms with Crippen molar-refractivity contribution in [3.63, 3.8) is 0 Å². The van der Waals surface area contributed by atoms with E-state index < -0.39 is 16.0 Å². The monoisotopic (exact) mass is 376 g/mol. The molecule has 2 rings (SSSR count). The molecule has 7 heteroatoms. The first-order valence-electron chi connectivity index (χ1n) is 8.49. The lowest BCUT2D eigenvalue weighted by atomic mass is 10.2. The van der Waals surface area contributed by atoms with E-state index in [4.69, 9.17) is 4.74 Å². The number of hydrogen-bond acceptors (Lipinski definition) is 4. The molecule has 0 bridgehead atoms. The van der Waals surface area contributed by atoms with Gasteiger partial charge in [-0.05, 0) is 32.4 Å². The molecular weight excluding hydrogens is 352 g/mol. The molecule has 0 fully saturated rings. The second-order valence-electron chi connectivity index (χ2n) is 6.06. The van der Waals surface area contributed by atoms with Crippen LogP contribution in [-0.4, -0.2) is 27.0 Å². The summed E-state index contributed by atoms with van der Waals surface area (Å²) in [6.07, 6.45) is 2.28. The van der Waals surface area contributed by atoms with E-state index in [-0.39, 0.29) is 22.8 Å². The van der Waals surface area contributed by atoms with Crippen molar-refractivity contribution in [3.8, 4) is 5.75 Å². The van der Waals surface area contributed by atoms with Gasteiger partial charge in [-0.25, -0.2) is 0 Å². The van der Waals surface area contributed by atoms with Gasteiger partial charge < -0.3 is 15.0 Å². The molecule has 1 aromatic heterocycles. The van der Waals surface area contributed by atoms with Gasteiger partial charge in [0.25, 0.3) is 0 Å². The molecule has 0 aliphatic carbocycles. The maximum atomic E-state index is 12.5. The highest BCUT2D eigenvalue weighted by Gasteiger charge is 2.21. The number of carbonyl (C=O) groups is 1. The summed E-state index contributed by atoms with van der Waals surface area (Å²) in [6.45, 7) is 5.98. The minimum absolute atomic E-state index is 0.0891. The lowest BCUT2D eigenvalue weighted by molar-refractivity contribution is -0.115. The van der Waals surface area contributed by atoms with Crippen molar-refractivity contribution >= 4 is 22.4 Å². The number of nitrogens with one attached hydrogen (secondary N) is 2. The smallest absolute Gasteiger partial charge is 0.239 e. The number of benzene rings is 1. The van der Waals surface area contributed by atoms with Crippen LogP contribution >= 0.6 is 0 Å². The van der Waals surface area contributed by atoms with Crippen LogP contribution in [0.25, 0.3) is 0 Å². The SMILES string of the molecule is CCCOc1c[nH]c(CS(=O)C(C)C(=O)Nc2ccc(C)cc2)cc1=O. The van der Waals surface area contributed by atoms with Crippen molar-refractivity contribution in [3.05, 3.63) is 58.0 Å². The van der Waals surface area contributed by atoms with Gasteiger partial charge in [-0.2, -0.15) is 0 Å². The Hall–Kier alpha value is -2.41. The van der Waals surface area contributed by atoms with Crippen molar-refractivity contribution < 1.29 is 13.7 Å². The van der Waals surface area contributed by atoms with Crippen molar-refractivity contribution in [2.45, 2.75) is 38.2 Å². The Kier molecular flexibility index (Phi) is 7.15. The van der Waals surface area contributed by atoms with Crippen LogP contribution in [0.15, 0.2) is 41.3 Å². The van der Waals surface area contributed by atoms with Crippen molar-refractivity contribution in [1.29, 1.82) is 0 Å². The minimum atomic E-state index is -1.47. The zero-order valence-electron chi connectivity index (χ0n) is 15.2. The van der Waals surface area contributed by atoms with Crippen LogP contribution in [0.2, 0.25) is 0 Å². The normalized spacial score (nSPS) is 13.0. The fourth-order valence-corrected chi connectivity index (χ4v) is 3.21. The zero-order chi connectivity index (χ0) is 19.1. The van der Waals surface area contributed by atoms with E-state index in [1.165, 1.54) is 12.3 Å². The van der Waals surface area contributed by atoms with Crippen LogP contribution < -0.4 is 15.5 Å². The van der Waals surface area contributed by atoms with Crippen molar-refractivity contribution in [2.75, 3.05) is 11.9 Å². The van der Waals surface area contributed by atoms with Crippen LogP contribution in [-0.2, 0) is 21.3 Å². The number of aromatic amines is 1. The van der Waals surface area contributed by atoms with Gasteiger partial charge in [-0.15, -0.1) is 0 Å². The Labute approximate surface area is 155 Å². The van der Waals surface area contributed by atoms with Gasteiger partial charge in [0.1, 0.15) is 5.25 Å². The topological polar surface area (TPSA) is 88.3 Å². The third-order valence-corrected chi connectivity index (χ3v) is 5.38. The number of ether oxygens (including phenoxy) is 1. The third-order valence-electron chi connectivity index (χ3n) is 3.78. The molecule has 1 heterocycles. The van der Waals surface area contributed by atoms with E-state index >= 15 is 0 Å². The van der Waals surface area contributed by atoms with Crippen LogP contribution in [0, 0.1) is 6.92 Å². The Morgan fingerprint density at radius 3 is 2.62 bits per heavy atom. The highest BCUT2D eigenvalue weighted by Crippen LogP contribution is 2.12. The zero-order valence-corrected chi connectivity index (χ0v) is 16.0. The molecule has 2 atom stereocenters. The number of H-pyrrole nitrogens is 1. The van der Waals surface area contributed by atoms with Gasteiger partial charge in [0, 0.05) is 34.4 Å². The molecule has 2 unspecified atom stereocenters. The molecule has 0 radical (unpaired) electrons. The summed E-state index contributed by atoms with van der Waals surface area (Å²) in [5.74, 6) is 0.00942. The summed E-state index contributed by atoms with van der Waals surface area (Å²) in [4.78, 5) is 27.2. The number of carbonyl (C=O) groups excluding carboxylic acids is 1. The van der Waals surface area contributed by atoms with E-state index in [0.717, 1.165) is 12.0 Å². The van der Waals surface area contributed by atoms with Gasteiger partial charge >= 0.3 is 0 Å². The molecule has 0 saturated heterocycles. The molecular formula is C19H24N2O4S. The van der Waals surface area contributed by atoms with Crippen molar-refractivity contribution in [1.82, 2.24) is 4.98 Å². The van der Waals surface area contributed by atoms with Crippen LogP contribution in [0.4, 0.5) is 5.69 Å². The predicted molar refractivity (Wildman–Crippen MR) is 104 cm³/mol. The Morgan fingerprint density at radius 1 is 1.31 bits per heavy atom. The number of anilines is 1. The average molecular weight is 376 g/mol. The Bertz CT molecular complexity index is 830. The number of pyridine rings is 1. The van der Waals surface area contributed by atoms with Gasteiger partial charge in [-0.3, -0.25) is 13.8 Å². The van der Waals surface area contributed by atoms with Gasteiger partial charge in [0.2, 0.25) is 11.3 Å². The summed E-state index contributed by atoms with van der Waals surface area (Å²) in [7, 11) is -1.47. The highest BCUT2D eigenvalue weighted by atomic mass is 32.2. The Balaban J connectivity index is 1.97. The lowest BCUT2D eigenvalue weighted by Crippen LogP contribution is -2.30. The predicted octanol–water partition coefficient (Wildman–Crippen LogP) is 2.75. The number of rotatable bonds is 8. The van der Waals surface area contributed by atoms with Gasteiger partial charge in [0.15, 0.2) is 5.75 Å². The van der Waals surface area contributed by atoms with Crippen LogP contribution in [0.1, 0.15) is 31.5 Å². The second-order valence-corrected chi connectivity index (χ2v) is 7.82. The summed E-state index contributed by atoms with van der Waals surface area (Å²) in [5, 5.41) is 2.04. The molecule has 1 aromatic carbocycles. The minimum Gasteiger partial charge on any atom is -0.488 e. The number of aromatic nitrogens is 1. The average Bonchev–Trinajstić information content (AvgIpc) is 2.62. The van der Waals surface area contributed by atoms with E-state index in [0.29, 0.717) is 18.0 Å². The summed E-state index contributed by atoms with van der Waals surface area (Å²) >= 11 is 0. The first kappa shape index (κ1) is 19.9. The summed E-state index contributed by atoms with van der Waals surface area (Å²) in [5.41, 5.74) is 2.00. The maximum absolute atomic E-state index is 12.5. The fraction of sp³-hybridized carbons (Fsp3) is 0.368. The largest absolute Gasteiger partial charge is 0.488 e. The van der Waals surface area contributed by atoms with Gasteiger partial charge in [0.05, 0.1) is 12.4 Å².